The molecule has 0 saturated carbocycles. The Morgan fingerprint density at radius 1 is 0.743 bits per heavy atom. The largest absolute Gasteiger partial charge is 0.370 e. The second kappa shape index (κ2) is 29.9. The first kappa shape index (κ1) is 59.1. The molecule has 0 spiro atoms. The quantitative estimate of drug-likeness (QED) is 0.0273. The van der Waals surface area contributed by atoms with Crippen LogP contribution in [-0.2, 0) is 65.8 Å². The number of carbonyl (C=O) groups is 11. The zero-order chi connectivity index (χ0) is 54.3. The number of aliphatic imine (C=N–C) groups is 1. The third-order valence-electron chi connectivity index (χ3n) is 11.5. The molecule has 2 aliphatic rings. The van der Waals surface area contributed by atoms with Gasteiger partial charge in [0, 0.05) is 44.1 Å². The van der Waals surface area contributed by atoms with E-state index >= 15 is 0 Å². The number of benzene rings is 2. The van der Waals surface area contributed by atoms with E-state index in [9.17, 15) is 52.7 Å². The van der Waals surface area contributed by atoms with E-state index in [1.54, 1.807) is 60.7 Å². The Morgan fingerprint density at radius 3 is 1.97 bits per heavy atom. The Bertz CT molecular complexity index is 2360. The van der Waals surface area contributed by atoms with E-state index in [2.05, 4.69) is 31.6 Å². The van der Waals surface area contributed by atoms with Crippen molar-refractivity contribution >= 4 is 92.5 Å². The highest BCUT2D eigenvalue weighted by Gasteiger charge is 2.40. The molecule has 74 heavy (non-hydrogen) atoms. The molecule has 2 aromatic carbocycles. The summed E-state index contributed by atoms with van der Waals surface area (Å²) in [4.78, 5) is 156. The van der Waals surface area contributed by atoms with E-state index < -0.39 is 134 Å². The second-order valence-electron chi connectivity index (χ2n) is 17.4. The fraction of sp³-hybridized carbons (Fsp3) is 0.478. The number of hydrogen-bond donors (Lipinski definition) is 11. The number of carbonyl (C=O) groups excluding carboxylic acids is 11. The molecule has 11 amide bonds. The molecule has 0 radical (unpaired) electrons. The minimum atomic E-state index is -1.76. The first-order valence-electron chi connectivity index (χ1n) is 23.6. The highest BCUT2D eigenvalue weighted by Crippen LogP contribution is 2.26. The Kier molecular flexibility index (Phi) is 23.9. The van der Waals surface area contributed by atoms with Gasteiger partial charge in [0.1, 0.15) is 36.8 Å². The van der Waals surface area contributed by atoms with Crippen LogP contribution in [0.1, 0.15) is 56.1 Å². The van der Waals surface area contributed by atoms with Gasteiger partial charge in [-0.2, -0.15) is 0 Å². The van der Waals surface area contributed by atoms with Crippen LogP contribution in [0.15, 0.2) is 65.7 Å². The Balaban J connectivity index is 1.69. The highest BCUT2D eigenvalue weighted by molar-refractivity contribution is 8.76. The summed E-state index contributed by atoms with van der Waals surface area (Å²) >= 11 is 0. The fourth-order valence-corrected chi connectivity index (χ4v) is 10.1. The van der Waals surface area contributed by atoms with Gasteiger partial charge in [0.2, 0.25) is 65.0 Å². The number of nitrogens with zero attached hydrogens (tertiary/aromatic N) is 4. The molecule has 26 nitrogen and oxygen atoms in total. The van der Waals surface area contributed by atoms with Crippen LogP contribution in [0.2, 0.25) is 0 Å². The lowest BCUT2D eigenvalue weighted by molar-refractivity contribution is -0.143. The van der Waals surface area contributed by atoms with Gasteiger partial charge >= 0.3 is 0 Å². The number of likely N-dealkylation sites (tertiary alicyclic amines) is 1. The third kappa shape index (κ3) is 19.9. The van der Waals surface area contributed by atoms with E-state index in [1.807, 2.05) is 0 Å². The van der Waals surface area contributed by atoms with Crippen molar-refractivity contribution in [1.82, 2.24) is 41.3 Å². The highest BCUT2D eigenvalue weighted by atomic mass is 33.1. The molecule has 2 aromatic rings. The van der Waals surface area contributed by atoms with Crippen molar-refractivity contribution in [3.8, 4) is 0 Å². The minimum Gasteiger partial charge on any atom is -0.370 e. The van der Waals surface area contributed by atoms with Crippen LogP contribution in [0.4, 0.5) is 0 Å². The normalized spacial score (nSPS) is 21.0. The second-order valence-corrected chi connectivity index (χ2v) is 19.9. The molecular weight excluding hydrogens is 1000 g/mol. The standard InChI is InChI=1S/C46H65N15O11S2/c47-29-25-73-74-26-33(45(72)61-18-8-14-34(61)43(70)56-30(13-7-17-53-46(51)52)40(67)54-20-37(50)64)58-42(69)32(19-36(49)63)57-41(68)31(15-16-35(48)62)55-38(65)23-59(21-27-9-3-1-4-10-27)39(66)24-60(44(29)71)22-28-11-5-2-6-12-28/h1-6,9-12,29-34H,7-8,13-26,47H2,(H2,48,62)(H2,49,63)(H2,50,64)(H,54,67)(H,55,65)(H,56,70)(H,57,68)(H,58,69)(H4,51,52,53)/t29-,30-,31-,32-,33-,34-/m0/s1. The monoisotopic (exact) mass is 1070 g/mol. The number of rotatable bonds is 19. The van der Waals surface area contributed by atoms with E-state index in [-0.39, 0.29) is 69.3 Å². The van der Waals surface area contributed by atoms with Crippen molar-refractivity contribution in [1.29, 1.82) is 0 Å². The average molecular weight is 1070 g/mol. The number of guanidine groups is 1. The summed E-state index contributed by atoms with van der Waals surface area (Å²) in [6.07, 6.45) is -0.943. The van der Waals surface area contributed by atoms with Crippen molar-refractivity contribution in [3.63, 3.8) is 0 Å². The molecule has 0 unspecified atom stereocenters. The summed E-state index contributed by atoms with van der Waals surface area (Å²) in [6, 6.07) is 9.03. The summed E-state index contributed by atoms with van der Waals surface area (Å²) < 4.78 is 0. The first-order chi connectivity index (χ1) is 35.2. The van der Waals surface area contributed by atoms with Crippen molar-refractivity contribution in [2.45, 2.75) is 94.3 Å². The average Bonchev–Trinajstić information content (AvgIpc) is 3.85. The molecule has 0 aliphatic carbocycles. The molecule has 0 bridgehead atoms. The molecule has 2 aliphatic heterocycles. The number of amides is 11. The Hall–Kier alpha value is -7.46. The van der Waals surface area contributed by atoms with Crippen LogP contribution in [-0.4, -0.2) is 166 Å². The maximum Gasteiger partial charge on any atom is 0.246 e. The van der Waals surface area contributed by atoms with Gasteiger partial charge in [-0.15, -0.1) is 0 Å². The zero-order valence-electron chi connectivity index (χ0n) is 40.6. The van der Waals surface area contributed by atoms with Crippen LogP contribution >= 0.6 is 21.6 Å². The molecular formula is C46H65N15O11S2. The van der Waals surface area contributed by atoms with Crippen LogP contribution in [0.3, 0.4) is 0 Å². The van der Waals surface area contributed by atoms with Gasteiger partial charge in [-0.25, -0.2) is 0 Å². The Morgan fingerprint density at radius 2 is 1.36 bits per heavy atom. The van der Waals surface area contributed by atoms with Crippen LogP contribution < -0.4 is 61.0 Å². The van der Waals surface area contributed by atoms with E-state index in [0.29, 0.717) is 17.5 Å². The third-order valence-corrected chi connectivity index (χ3v) is 13.9. The summed E-state index contributed by atoms with van der Waals surface area (Å²) in [5.41, 5.74) is 34.8. The Labute approximate surface area is 434 Å². The lowest BCUT2D eigenvalue weighted by atomic mass is 10.1. The van der Waals surface area contributed by atoms with Gasteiger partial charge in [0.25, 0.3) is 0 Å². The van der Waals surface area contributed by atoms with Gasteiger partial charge < -0.3 is 75.7 Å². The van der Waals surface area contributed by atoms with Gasteiger partial charge in [-0.1, -0.05) is 82.3 Å². The van der Waals surface area contributed by atoms with Crippen molar-refractivity contribution in [2.24, 2.45) is 39.4 Å². The lowest BCUT2D eigenvalue weighted by Crippen LogP contribution is -2.60. The van der Waals surface area contributed by atoms with E-state index in [4.69, 9.17) is 34.4 Å². The zero-order valence-corrected chi connectivity index (χ0v) is 42.2. The smallest absolute Gasteiger partial charge is 0.246 e. The van der Waals surface area contributed by atoms with Gasteiger partial charge in [0.05, 0.1) is 25.6 Å². The number of primary amides is 3. The molecule has 28 heteroatoms. The lowest BCUT2D eigenvalue weighted by Gasteiger charge is -2.31. The summed E-state index contributed by atoms with van der Waals surface area (Å²) in [5.74, 6) is -9.81. The summed E-state index contributed by atoms with van der Waals surface area (Å²) in [6.45, 7) is -1.72. The number of nitrogens with one attached hydrogen (secondary N) is 5. The topological polar surface area (TPSA) is 426 Å². The molecule has 4 rings (SSSR count). The van der Waals surface area contributed by atoms with Crippen molar-refractivity contribution < 1.29 is 52.7 Å². The fourth-order valence-electron chi connectivity index (χ4n) is 7.80. The molecule has 402 valence electrons. The molecule has 6 atom stereocenters. The van der Waals surface area contributed by atoms with Gasteiger partial charge in [-0.05, 0) is 43.2 Å². The van der Waals surface area contributed by atoms with Gasteiger partial charge in [0.15, 0.2) is 5.96 Å². The van der Waals surface area contributed by atoms with Crippen LogP contribution in [0, 0.1) is 0 Å². The van der Waals surface area contributed by atoms with Crippen LogP contribution in [0.5, 0.6) is 0 Å². The molecule has 2 heterocycles. The predicted octanol–water partition coefficient (Wildman–Crippen LogP) is -4.51. The summed E-state index contributed by atoms with van der Waals surface area (Å²) in [7, 11) is 2.08. The maximum atomic E-state index is 14.6. The van der Waals surface area contributed by atoms with Crippen molar-refractivity contribution in [3.05, 3.63) is 71.8 Å². The predicted molar refractivity (Wildman–Crippen MR) is 273 cm³/mol. The molecule has 2 fully saturated rings. The van der Waals surface area contributed by atoms with Crippen molar-refractivity contribution in [2.75, 3.05) is 44.2 Å². The SMILES string of the molecule is NC(=O)CC[C@@H]1NC(=O)CN(Cc2ccccc2)C(=O)CN(Cc2ccccc2)C(=O)[C@@H](N)CSSC[C@@H](C(=O)N2CCC[C@H]2C(=O)N[C@@H](CCCN=C(N)N)C(=O)NCC(N)=O)NC(=O)[C@H](CC(N)=O)NC1=O. The molecule has 2 saturated heterocycles. The van der Waals surface area contributed by atoms with E-state index in [0.717, 1.165) is 21.6 Å². The number of nitrogens with two attached hydrogens (primary N) is 6. The van der Waals surface area contributed by atoms with Gasteiger partial charge in [-0.3, -0.25) is 57.7 Å². The molecule has 0 aromatic heterocycles. The molecule has 17 N–H and O–H groups in total. The van der Waals surface area contributed by atoms with Crippen LogP contribution in [0.25, 0.3) is 0 Å². The maximum absolute atomic E-state index is 14.6. The first-order valence-corrected chi connectivity index (χ1v) is 26.0. The summed E-state index contributed by atoms with van der Waals surface area (Å²) in [5, 5.41) is 12.4. The minimum absolute atomic E-state index is 0.0119. The number of hydrogen-bond acceptors (Lipinski definition) is 15. The van der Waals surface area contributed by atoms with E-state index in [1.165, 1.54) is 14.7 Å².